The fourth-order valence-electron chi connectivity index (χ4n) is 6.06. The summed E-state index contributed by atoms with van der Waals surface area (Å²) in [6.07, 6.45) is 5.39. The summed E-state index contributed by atoms with van der Waals surface area (Å²) in [5, 5.41) is -0.0795. The van der Waals surface area contributed by atoms with Crippen LogP contribution in [0.4, 0.5) is 0 Å². The van der Waals surface area contributed by atoms with Crippen LogP contribution in [0.1, 0.15) is 38.5 Å². The van der Waals surface area contributed by atoms with Gasteiger partial charge in [-0.3, -0.25) is 0 Å². The van der Waals surface area contributed by atoms with E-state index in [0.717, 1.165) is 51.6 Å². The van der Waals surface area contributed by atoms with Crippen LogP contribution in [-0.4, -0.2) is 89.0 Å². The van der Waals surface area contributed by atoms with Gasteiger partial charge in [0.2, 0.25) is 10.0 Å². The van der Waals surface area contributed by atoms with Crippen molar-refractivity contribution in [2.24, 2.45) is 29.4 Å². The standard InChI is InChI=1S/C22H41Cl2N3O4S/c1-27-14-20(19-12-17(23)13-22(24)21(19)15-27)16-3-2-4-18(11-16)32(28,29)26-6-8-31-10-9-30-7-5-25/h16-22,26H,2-15,25H2,1H3. The summed E-state index contributed by atoms with van der Waals surface area (Å²) in [6, 6.07) is 0. The fourth-order valence-corrected chi connectivity index (χ4v) is 8.61. The highest BCUT2D eigenvalue weighted by Crippen LogP contribution is 2.48. The van der Waals surface area contributed by atoms with Crippen LogP contribution in [0.5, 0.6) is 0 Å². The van der Waals surface area contributed by atoms with E-state index in [1.807, 2.05) is 0 Å². The number of fused-ring (bicyclic) bond motifs is 1. The Balaban J connectivity index is 1.51. The number of halogens is 2. The van der Waals surface area contributed by atoms with Gasteiger partial charge in [-0.1, -0.05) is 12.8 Å². The molecule has 188 valence electrons. The van der Waals surface area contributed by atoms with Crippen molar-refractivity contribution >= 4 is 33.2 Å². The SMILES string of the molecule is CN1CC2C(Cl)CC(Cl)CC2C(C2CCCC(S(=O)(=O)NCCOCCOCCN)C2)C1. The van der Waals surface area contributed by atoms with Crippen molar-refractivity contribution in [2.75, 3.05) is 59.7 Å². The lowest BCUT2D eigenvalue weighted by molar-refractivity contribution is 0.0109. The summed E-state index contributed by atoms with van der Waals surface area (Å²) in [5.41, 5.74) is 5.36. The molecule has 1 aliphatic heterocycles. The van der Waals surface area contributed by atoms with Crippen LogP contribution in [0.2, 0.25) is 0 Å². The molecule has 2 saturated carbocycles. The zero-order valence-electron chi connectivity index (χ0n) is 19.3. The number of nitrogens with two attached hydrogens (primary N) is 1. The Morgan fingerprint density at radius 3 is 2.44 bits per heavy atom. The first-order chi connectivity index (χ1) is 15.3. The third-order valence-corrected chi connectivity index (χ3v) is 10.3. The van der Waals surface area contributed by atoms with Gasteiger partial charge in [-0.2, -0.15) is 0 Å². The van der Waals surface area contributed by atoms with Crippen LogP contribution < -0.4 is 10.5 Å². The number of alkyl halides is 2. The number of nitrogens with zero attached hydrogens (tertiary/aromatic N) is 1. The topological polar surface area (TPSA) is 93.9 Å². The molecule has 3 fully saturated rings. The second kappa shape index (κ2) is 12.9. The first-order valence-electron chi connectivity index (χ1n) is 12.1. The molecule has 3 aliphatic rings. The first kappa shape index (κ1) is 26.9. The number of hydrogen-bond acceptors (Lipinski definition) is 6. The highest BCUT2D eigenvalue weighted by molar-refractivity contribution is 7.90. The molecule has 32 heavy (non-hydrogen) atoms. The summed E-state index contributed by atoms with van der Waals surface area (Å²) in [7, 11) is -1.20. The largest absolute Gasteiger partial charge is 0.378 e. The monoisotopic (exact) mass is 513 g/mol. The van der Waals surface area contributed by atoms with Crippen LogP contribution in [0.3, 0.4) is 0 Å². The minimum absolute atomic E-state index is 0.118. The maximum atomic E-state index is 13.0. The molecule has 7 nitrogen and oxygen atoms in total. The Kier molecular flexibility index (Phi) is 10.8. The Hall–Kier alpha value is 0.330. The van der Waals surface area contributed by atoms with E-state index < -0.39 is 10.0 Å². The van der Waals surface area contributed by atoms with Crippen molar-refractivity contribution < 1.29 is 17.9 Å². The van der Waals surface area contributed by atoms with Gasteiger partial charge >= 0.3 is 0 Å². The number of nitrogens with one attached hydrogen (secondary N) is 1. The maximum Gasteiger partial charge on any atom is 0.214 e. The van der Waals surface area contributed by atoms with Crippen molar-refractivity contribution in [2.45, 2.75) is 54.5 Å². The zero-order chi connectivity index (χ0) is 23.1. The van der Waals surface area contributed by atoms with Crippen molar-refractivity contribution in [1.82, 2.24) is 9.62 Å². The van der Waals surface area contributed by atoms with Gasteiger partial charge in [-0.15, -0.1) is 23.2 Å². The molecular weight excluding hydrogens is 473 g/mol. The minimum Gasteiger partial charge on any atom is -0.378 e. The van der Waals surface area contributed by atoms with E-state index in [9.17, 15) is 8.42 Å². The van der Waals surface area contributed by atoms with E-state index in [0.29, 0.717) is 63.2 Å². The van der Waals surface area contributed by atoms with E-state index >= 15 is 0 Å². The van der Waals surface area contributed by atoms with Crippen LogP contribution in [0.25, 0.3) is 0 Å². The summed E-state index contributed by atoms with van der Waals surface area (Å²) in [5.74, 6) is 1.83. The first-order valence-corrected chi connectivity index (χ1v) is 14.5. The molecule has 10 heteroatoms. The van der Waals surface area contributed by atoms with Gasteiger partial charge in [0.15, 0.2) is 0 Å². The third-order valence-electron chi connectivity index (χ3n) is 7.51. The molecule has 3 rings (SSSR count). The summed E-state index contributed by atoms with van der Waals surface area (Å²) >= 11 is 13.3. The normalized spacial score (nSPS) is 36.7. The molecule has 7 atom stereocenters. The highest BCUT2D eigenvalue weighted by Gasteiger charge is 2.47. The lowest BCUT2D eigenvalue weighted by Gasteiger charge is -2.51. The zero-order valence-corrected chi connectivity index (χ0v) is 21.6. The van der Waals surface area contributed by atoms with Gasteiger partial charge in [0.1, 0.15) is 0 Å². The van der Waals surface area contributed by atoms with Gasteiger partial charge in [0.05, 0.1) is 31.7 Å². The summed E-state index contributed by atoms with van der Waals surface area (Å²) < 4.78 is 39.4. The molecule has 7 unspecified atom stereocenters. The van der Waals surface area contributed by atoms with Gasteiger partial charge < -0.3 is 20.1 Å². The molecule has 3 N–H and O–H groups in total. The molecule has 0 radical (unpaired) electrons. The molecule has 1 heterocycles. The average Bonchev–Trinajstić information content (AvgIpc) is 2.76. The van der Waals surface area contributed by atoms with Crippen molar-refractivity contribution in [3.8, 4) is 0 Å². The maximum absolute atomic E-state index is 13.0. The molecular formula is C22H41Cl2N3O4S. The van der Waals surface area contributed by atoms with E-state index in [-0.39, 0.29) is 16.0 Å². The van der Waals surface area contributed by atoms with Gasteiger partial charge in [0.25, 0.3) is 0 Å². The van der Waals surface area contributed by atoms with E-state index in [1.54, 1.807) is 0 Å². The van der Waals surface area contributed by atoms with Gasteiger partial charge in [-0.25, -0.2) is 13.1 Å². The predicted molar refractivity (Wildman–Crippen MR) is 130 cm³/mol. The van der Waals surface area contributed by atoms with E-state index in [1.165, 1.54) is 0 Å². The molecule has 0 spiro atoms. The lowest BCUT2D eigenvalue weighted by atomic mass is 9.63. The Labute approximate surface area is 204 Å². The number of rotatable bonds is 11. The summed E-state index contributed by atoms with van der Waals surface area (Å²) in [4.78, 5) is 2.39. The van der Waals surface area contributed by atoms with Crippen molar-refractivity contribution in [1.29, 1.82) is 0 Å². The number of piperidine rings is 1. The smallest absolute Gasteiger partial charge is 0.214 e. The van der Waals surface area contributed by atoms with Gasteiger partial charge in [-0.05, 0) is 56.4 Å². The second-order valence-electron chi connectivity index (χ2n) is 9.80. The number of hydrogen-bond donors (Lipinski definition) is 2. The second-order valence-corrected chi connectivity index (χ2v) is 13.0. The Morgan fingerprint density at radius 2 is 1.69 bits per heavy atom. The van der Waals surface area contributed by atoms with Crippen molar-refractivity contribution in [3.05, 3.63) is 0 Å². The Bertz CT molecular complexity index is 672. The third kappa shape index (κ3) is 7.41. The lowest BCUT2D eigenvalue weighted by Crippen LogP contribution is -2.54. The van der Waals surface area contributed by atoms with Crippen LogP contribution in [-0.2, 0) is 19.5 Å². The average molecular weight is 515 g/mol. The number of sulfonamides is 1. The van der Waals surface area contributed by atoms with Gasteiger partial charge in [0, 0.05) is 36.9 Å². The Morgan fingerprint density at radius 1 is 0.969 bits per heavy atom. The summed E-state index contributed by atoms with van der Waals surface area (Å²) in [6.45, 7) is 4.57. The number of likely N-dealkylation sites (tertiary alicyclic amines) is 1. The molecule has 0 aromatic carbocycles. The van der Waals surface area contributed by atoms with E-state index in [4.69, 9.17) is 38.4 Å². The molecule has 2 aliphatic carbocycles. The quantitative estimate of drug-likeness (QED) is 0.325. The molecule has 0 bridgehead atoms. The highest BCUT2D eigenvalue weighted by atomic mass is 35.5. The van der Waals surface area contributed by atoms with Crippen molar-refractivity contribution in [3.63, 3.8) is 0 Å². The molecule has 1 saturated heterocycles. The molecule has 0 aromatic rings. The molecule has 0 aromatic heterocycles. The fraction of sp³-hybridized carbons (Fsp3) is 1.00. The van der Waals surface area contributed by atoms with E-state index in [2.05, 4.69) is 16.7 Å². The minimum atomic E-state index is -3.36. The number of ether oxygens (including phenoxy) is 2. The predicted octanol–water partition coefficient (Wildman–Crippen LogP) is 2.26. The van der Waals surface area contributed by atoms with Crippen LogP contribution in [0, 0.1) is 23.7 Å². The van der Waals surface area contributed by atoms with Crippen LogP contribution >= 0.6 is 23.2 Å². The molecule has 0 amide bonds. The van der Waals surface area contributed by atoms with Crippen LogP contribution in [0.15, 0.2) is 0 Å².